The molecule has 0 spiro atoms. The molecule has 7 heteroatoms. The van der Waals surface area contributed by atoms with E-state index in [9.17, 15) is 9.59 Å². The molecule has 0 atom stereocenters. The van der Waals surface area contributed by atoms with Crippen LogP contribution in [0.4, 0.5) is 0 Å². The molecule has 0 aliphatic carbocycles. The Balaban J connectivity index is 1.90. The molecule has 1 saturated heterocycles. The van der Waals surface area contributed by atoms with Crippen LogP contribution >= 0.6 is 15.9 Å². The van der Waals surface area contributed by atoms with Gasteiger partial charge in [-0.2, -0.15) is 0 Å². The second-order valence-electron chi connectivity index (χ2n) is 4.49. The summed E-state index contributed by atoms with van der Waals surface area (Å²) in [6.45, 7) is 2.77. The first-order chi connectivity index (χ1) is 9.60. The Bertz CT molecular complexity index is 501. The predicted molar refractivity (Wildman–Crippen MR) is 76.3 cm³/mol. The van der Waals surface area contributed by atoms with Crippen molar-refractivity contribution >= 4 is 27.8 Å². The van der Waals surface area contributed by atoms with E-state index >= 15 is 0 Å². The largest absolute Gasteiger partial charge is 0.468 e. The van der Waals surface area contributed by atoms with Gasteiger partial charge in [-0.3, -0.25) is 14.5 Å². The van der Waals surface area contributed by atoms with Gasteiger partial charge in [0.25, 0.3) is 5.91 Å². The molecule has 0 saturated carbocycles. The fourth-order valence-corrected chi connectivity index (χ4v) is 2.39. The van der Waals surface area contributed by atoms with Crippen molar-refractivity contribution in [1.82, 2.24) is 14.8 Å². The lowest BCUT2D eigenvalue weighted by Crippen LogP contribution is -2.50. The normalized spacial score (nSPS) is 16.0. The van der Waals surface area contributed by atoms with Crippen LogP contribution in [0.1, 0.15) is 10.5 Å². The van der Waals surface area contributed by atoms with Crippen molar-refractivity contribution in [2.24, 2.45) is 0 Å². The number of aromatic nitrogens is 1. The Morgan fingerprint density at radius 1 is 1.30 bits per heavy atom. The molecule has 2 heterocycles. The first kappa shape index (κ1) is 14.9. The highest BCUT2D eigenvalue weighted by Crippen LogP contribution is 2.10. The Morgan fingerprint density at radius 3 is 2.60 bits per heavy atom. The number of piperazine rings is 1. The maximum Gasteiger partial charge on any atom is 0.319 e. The maximum absolute atomic E-state index is 12.3. The number of halogens is 1. The minimum Gasteiger partial charge on any atom is -0.468 e. The van der Waals surface area contributed by atoms with E-state index in [-0.39, 0.29) is 18.4 Å². The molecule has 0 aromatic carbocycles. The lowest BCUT2D eigenvalue weighted by atomic mass is 10.2. The minimum atomic E-state index is -0.251. The summed E-state index contributed by atoms with van der Waals surface area (Å²) in [5.74, 6) is -0.331. The van der Waals surface area contributed by atoms with Gasteiger partial charge >= 0.3 is 5.97 Å². The Hall–Kier alpha value is -1.47. The summed E-state index contributed by atoms with van der Waals surface area (Å²) in [6.07, 6.45) is 0. The zero-order valence-corrected chi connectivity index (χ0v) is 12.8. The van der Waals surface area contributed by atoms with Gasteiger partial charge in [0.05, 0.1) is 13.7 Å². The number of pyridine rings is 1. The van der Waals surface area contributed by atoms with Crippen LogP contribution in [-0.4, -0.2) is 66.5 Å². The molecule has 1 aromatic heterocycles. The molecule has 20 heavy (non-hydrogen) atoms. The van der Waals surface area contributed by atoms with E-state index < -0.39 is 0 Å². The van der Waals surface area contributed by atoms with E-state index in [4.69, 9.17) is 0 Å². The molecule has 6 nitrogen and oxygen atoms in total. The lowest BCUT2D eigenvalue weighted by Gasteiger charge is -2.33. The van der Waals surface area contributed by atoms with E-state index in [1.54, 1.807) is 23.1 Å². The number of methoxy groups -OCH3 is 1. The summed E-state index contributed by atoms with van der Waals surface area (Å²) < 4.78 is 5.28. The summed E-state index contributed by atoms with van der Waals surface area (Å²) >= 11 is 3.26. The van der Waals surface area contributed by atoms with Crippen LogP contribution in [0.15, 0.2) is 22.8 Å². The molecule has 0 unspecified atom stereocenters. The van der Waals surface area contributed by atoms with Crippen molar-refractivity contribution in [3.63, 3.8) is 0 Å². The number of ether oxygens (including phenoxy) is 1. The van der Waals surface area contributed by atoms with Crippen molar-refractivity contribution in [2.45, 2.75) is 0 Å². The number of nitrogens with zero attached hydrogens (tertiary/aromatic N) is 3. The van der Waals surface area contributed by atoms with Crippen LogP contribution < -0.4 is 0 Å². The summed E-state index contributed by atoms with van der Waals surface area (Å²) in [6, 6.07) is 5.27. The van der Waals surface area contributed by atoms with Crippen LogP contribution in [0, 0.1) is 0 Å². The number of carbonyl (C=O) groups is 2. The van der Waals surface area contributed by atoms with Gasteiger partial charge in [0.2, 0.25) is 0 Å². The molecule has 1 aliphatic heterocycles. The molecule has 0 N–H and O–H groups in total. The highest BCUT2D eigenvalue weighted by molar-refractivity contribution is 9.10. The topological polar surface area (TPSA) is 62.7 Å². The van der Waals surface area contributed by atoms with Crippen molar-refractivity contribution in [1.29, 1.82) is 0 Å². The molecular formula is C13H16BrN3O3. The highest BCUT2D eigenvalue weighted by Gasteiger charge is 2.24. The zero-order valence-electron chi connectivity index (χ0n) is 11.2. The average Bonchev–Trinajstić information content (AvgIpc) is 2.47. The summed E-state index contributed by atoms with van der Waals surface area (Å²) in [4.78, 5) is 31.4. The van der Waals surface area contributed by atoms with Crippen molar-refractivity contribution in [3.8, 4) is 0 Å². The highest BCUT2D eigenvalue weighted by atomic mass is 79.9. The lowest BCUT2D eigenvalue weighted by molar-refractivity contribution is -0.142. The number of esters is 1. The molecule has 108 valence electrons. The zero-order chi connectivity index (χ0) is 14.5. The van der Waals surface area contributed by atoms with Gasteiger partial charge in [-0.25, -0.2) is 4.98 Å². The van der Waals surface area contributed by atoms with Crippen molar-refractivity contribution in [3.05, 3.63) is 28.5 Å². The van der Waals surface area contributed by atoms with Gasteiger partial charge in [-0.05, 0) is 28.1 Å². The molecule has 0 radical (unpaired) electrons. The molecule has 1 aromatic rings. The summed E-state index contributed by atoms with van der Waals surface area (Å²) in [5, 5.41) is 0. The number of hydrogen-bond donors (Lipinski definition) is 0. The second-order valence-corrected chi connectivity index (χ2v) is 5.30. The van der Waals surface area contributed by atoms with Crippen LogP contribution in [0.25, 0.3) is 0 Å². The third-order valence-electron chi connectivity index (χ3n) is 3.17. The van der Waals surface area contributed by atoms with Crippen LogP contribution in [-0.2, 0) is 9.53 Å². The summed E-state index contributed by atoms with van der Waals surface area (Å²) in [5.41, 5.74) is 0.431. The number of carbonyl (C=O) groups excluding carboxylic acids is 2. The van der Waals surface area contributed by atoms with E-state index in [0.717, 1.165) is 0 Å². The third-order valence-corrected chi connectivity index (χ3v) is 3.62. The standard InChI is InChI=1S/C13H16BrN3O3/c1-20-12(18)9-16-5-7-17(8-6-16)13(19)10-3-2-4-11(14)15-10/h2-4H,5-9H2,1H3. The van der Waals surface area contributed by atoms with Crippen LogP contribution in [0.5, 0.6) is 0 Å². The fraction of sp³-hybridized carbons (Fsp3) is 0.462. The fourth-order valence-electron chi connectivity index (χ4n) is 2.05. The minimum absolute atomic E-state index is 0.0796. The number of rotatable bonds is 3. The maximum atomic E-state index is 12.3. The van der Waals surface area contributed by atoms with Crippen molar-refractivity contribution in [2.75, 3.05) is 39.8 Å². The molecule has 1 aliphatic rings. The number of amides is 1. The number of hydrogen-bond acceptors (Lipinski definition) is 5. The van der Waals surface area contributed by atoms with Gasteiger partial charge in [0.15, 0.2) is 0 Å². The van der Waals surface area contributed by atoms with E-state index in [1.807, 2.05) is 4.90 Å². The Morgan fingerprint density at radius 2 is 2.00 bits per heavy atom. The molecule has 1 amide bonds. The average molecular weight is 342 g/mol. The van der Waals surface area contributed by atoms with Gasteiger partial charge in [-0.15, -0.1) is 0 Å². The molecular weight excluding hydrogens is 326 g/mol. The van der Waals surface area contributed by atoms with Crippen molar-refractivity contribution < 1.29 is 14.3 Å². The Kier molecular flexibility index (Phi) is 5.08. The van der Waals surface area contributed by atoms with Gasteiger partial charge in [-0.1, -0.05) is 6.07 Å². The molecule has 2 rings (SSSR count). The second kappa shape index (κ2) is 6.81. The van der Waals surface area contributed by atoms with E-state index in [1.165, 1.54) is 7.11 Å². The van der Waals surface area contributed by atoms with E-state index in [0.29, 0.717) is 36.5 Å². The van der Waals surface area contributed by atoms with E-state index in [2.05, 4.69) is 25.7 Å². The monoisotopic (exact) mass is 341 g/mol. The van der Waals surface area contributed by atoms with Gasteiger partial charge in [0, 0.05) is 26.2 Å². The third kappa shape index (κ3) is 3.77. The smallest absolute Gasteiger partial charge is 0.319 e. The van der Waals surface area contributed by atoms with Crippen LogP contribution in [0.3, 0.4) is 0 Å². The van der Waals surface area contributed by atoms with Crippen LogP contribution in [0.2, 0.25) is 0 Å². The first-order valence-corrected chi connectivity index (χ1v) is 7.10. The SMILES string of the molecule is COC(=O)CN1CCN(C(=O)c2cccc(Br)n2)CC1. The Labute approximate surface area is 125 Å². The first-order valence-electron chi connectivity index (χ1n) is 6.31. The van der Waals surface area contributed by atoms with Gasteiger partial charge < -0.3 is 9.64 Å². The summed E-state index contributed by atoms with van der Waals surface area (Å²) in [7, 11) is 1.38. The molecule has 0 bridgehead atoms. The quantitative estimate of drug-likeness (QED) is 0.600. The van der Waals surface area contributed by atoms with Gasteiger partial charge in [0.1, 0.15) is 10.3 Å². The predicted octanol–water partition coefficient (Wildman–Crippen LogP) is 0.775. The molecule has 1 fully saturated rings.